The second kappa shape index (κ2) is 9.25. The van der Waals surface area contributed by atoms with Crippen LogP contribution in [-0.2, 0) is 24.0 Å². The van der Waals surface area contributed by atoms with E-state index in [4.69, 9.17) is 19.2 Å². The Kier molecular flexibility index (Phi) is 9.27. The lowest BCUT2D eigenvalue weighted by Crippen LogP contribution is -2.32. The second-order valence-electron chi connectivity index (χ2n) is 5.75. The van der Waals surface area contributed by atoms with Crippen LogP contribution in [0.5, 0.6) is 0 Å². The molecule has 0 radical (unpaired) electrons. The molecule has 0 spiro atoms. The van der Waals surface area contributed by atoms with Crippen LogP contribution in [0.25, 0.3) is 0 Å². The van der Waals surface area contributed by atoms with E-state index in [0.717, 1.165) is 0 Å². The minimum atomic E-state index is -0.528. The molecule has 0 aliphatic heterocycles. The van der Waals surface area contributed by atoms with Crippen molar-refractivity contribution in [3.63, 3.8) is 0 Å². The lowest BCUT2D eigenvalue weighted by atomic mass is 10.2. The predicted molar refractivity (Wildman–Crippen MR) is 88.6 cm³/mol. The van der Waals surface area contributed by atoms with Crippen molar-refractivity contribution in [2.75, 3.05) is 19.8 Å². The van der Waals surface area contributed by atoms with Crippen molar-refractivity contribution in [3.8, 4) is 0 Å². The summed E-state index contributed by atoms with van der Waals surface area (Å²) in [6.45, 7) is 13.3. The molecule has 0 saturated heterocycles. The topological polar surface area (TPSA) is 54.0 Å². The second-order valence-corrected chi connectivity index (χ2v) is 9.81. The molecule has 0 aromatic carbocycles. The number of carbonyl (C=O) groups is 1. The summed E-state index contributed by atoms with van der Waals surface area (Å²) >= 11 is 6.80. The first-order chi connectivity index (χ1) is 9.41. The van der Waals surface area contributed by atoms with E-state index in [0.29, 0.717) is 12.2 Å². The number of rotatable bonds is 10. The van der Waals surface area contributed by atoms with Crippen LogP contribution >= 0.6 is 31.9 Å². The molecule has 0 aliphatic rings. The molecule has 0 rings (SSSR count). The van der Waals surface area contributed by atoms with Crippen molar-refractivity contribution >= 4 is 37.8 Å². The summed E-state index contributed by atoms with van der Waals surface area (Å²) < 4.78 is 9.91. The summed E-state index contributed by atoms with van der Waals surface area (Å²) in [6, 6.07) is 0. The van der Waals surface area contributed by atoms with Crippen molar-refractivity contribution in [2.24, 2.45) is 0 Å². The zero-order valence-electron chi connectivity index (χ0n) is 13.2. The maximum absolute atomic E-state index is 11.4. The molecule has 1 unspecified atom stereocenters. The molecule has 0 amide bonds. The molecule has 0 aromatic heterocycles. The molecular formula is C14H24Br2O5. The molecule has 0 fully saturated rings. The third-order valence-electron chi connectivity index (χ3n) is 1.97. The first-order valence-corrected chi connectivity index (χ1v) is 8.12. The van der Waals surface area contributed by atoms with Gasteiger partial charge in [0.2, 0.25) is 0 Å². The Hall–Kier alpha value is 0.0500. The highest BCUT2D eigenvalue weighted by molar-refractivity contribution is 9.10. The molecule has 21 heavy (non-hydrogen) atoms. The first-order valence-electron chi connectivity index (χ1n) is 6.53. The third kappa shape index (κ3) is 13.4. The van der Waals surface area contributed by atoms with E-state index in [2.05, 4.69) is 38.4 Å². The molecule has 0 saturated carbocycles. The average molecular weight is 432 g/mol. The average Bonchev–Trinajstić information content (AvgIpc) is 2.28. The maximum atomic E-state index is 11.4. The van der Waals surface area contributed by atoms with E-state index in [1.165, 1.54) is 0 Å². The highest BCUT2D eigenvalue weighted by Crippen LogP contribution is 2.19. The largest absolute Gasteiger partial charge is 0.459 e. The Balaban J connectivity index is 4.33. The maximum Gasteiger partial charge on any atom is 0.333 e. The van der Waals surface area contributed by atoms with Crippen molar-refractivity contribution < 1.29 is 24.0 Å². The zero-order valence-corrected chi connectivity index (χ0v) is 16.4. The van der Waals surface area contributed by atoms with Crippen LogP contribution in [0, 0.1) is 0 Å². The van der Waals surface area contributed by atoms with Crippen molar-refractivity contribution in [3.05, 3.63) is 12.2 Å². The number of carbonyl (C=O) groups excluding carboxylic acids is 1. The zero-order chi connectivity index (χ0) is 16.7. The van der Waals surface area contributed by atoms with Crippen molar-refractivity contribution in [2.45, 2.75) is 49.6 Å². The van der Waals surface area contributed by atoms with E-state index in [1.54, 1.807) is 6.92 Å². The molecule has 1 atom stereocenters. The third-order valence-corrected chi connectivity index (χ3v) is 2.43. The summed E-state index contributed by atoms with van der Waals surface area (Å²) in [6.07, 6.45) is -0.528. The lowest BCUT2D eigenvalue weighted by Gasteiger charge is -2.23. The van der Waals surface area contributed by atoms with Crippen LogP contribution in [0.15, 0.2) is 12.2 Å². The van der Waals surface area contributed by atoms with Gasteiger partial charge >= 0.3 is 5.97 Å². The van der Waals surface area contributed by atoms with Gasteiger partial charge in [-0.1, -0.05) is 38.4 Å². The predicted octanol–water partition coefficient (Wildman–Crippen LogP) is 3.74. The van der Waals surface area contributed by atoms with Crippen LogP contribution in [0.1, 0.15) is 34.6 Å². The highest BCUT2D eigenvalue weighted by atomic mass is 79.9. The molecule has 0 bridgehead atoms. The first kappa shape index (κ1) is 21.0. The normalized spacial score (nSPS) is 13.9. The number of esters is 1. The quantitative estimate of drug-likeness (QED) is 0.173. The van der Waals surface area contributed by atoms with E-state index >= 15 is 0 Å². The van der Waals surface area contributed by atoms with Crippen LogP contribution in [0.2, 0.25) is 0 Å². The van der Waals surface area contributed by atoms with E-state index in [-0.39, 0.29) is 17.5 Å². The monoisotopic (exact) mass is 430 g/mol. The van der Waals surface area contributed by atoms with Gasteiger partial charge in [0.25, 0.3) is 0 Å². The lowest BCUT2D eigenvalue weighted by molar-refractivity contribution is -0.338. The van der Waals surface area contributed by atoms with Gasteiger partial charge in [-0.2, -0.15) is 0 Å². The van der Waals surface area contributed by atoms with Gasteiger partial charge < -0.3 is 9.47 Å². The molecule has 124 valence electrons. The van der Waals surface area contributed by atoms with Gasteiger partial charge in [0.1, 0.15) is 11.1 Å². The number of hydrogen-bond acceptors (Lipinski definition) is 5. The smallest absolute Gasteiger partial charge is 0.333 e. The van der Waals surface area contributed by atoms with Crippen molar-refractivity contribution in [1.29, 1.82) is 0 Å². The van der Waals surface area contributed by atoms with Gasteiger partial charge in [-0.15, -0.1) is 0 Å². The van der Waals surface area contributed by atoms with Crippen LogP contribution < -0.4 is 0 Å². The van der Waals surface area contributed by atoms with Crippen LogP contribution in [0.3, 0.4) is 0 Å². The molecule has 0 aliphatic carbocycles. The summed E-state index contributed by atoms with van der Waals surface area (Å²) in [5.74, 6) is -0.470. The Labute approximate surface area is 143 Å². The molecule has 0 N–H and O–H groups in total. The van der Waals surface area contributed by atoms with Gasteiger partial charge in [-0.3, -0.25) is 0 Å². The molecule has 7 heteroatoms. The molecule has 0 aromatic rings. The van der Waals surface area contributed by atoms with Gasteiger partial charge in [0, 0.05) is 9.90 Å². The summed E-state index contributed by atoms with van der Waals surface area (Å²) in [5, 5.41) is 0. The SMILES string of the molecule is C=C(C)C(=O)OCC(COC(C)(C)Br)OOCC(C)(C)Br. The van der Waals surface area contributed by atoms with Gasteiger partial charge in [0.15, 0.2) is 6.10 Å². The number of alkyl halides is 2. The Morgan fingerprint density at radius 3 is 2.19 bits per heavy atom. The molecule has 5 nitrogen and oxygen atoms in total. The molecule has 0 heterocycles. The summed E-state index contributed by atoms with van der Waals surface area (Å²) in [5.41, 5.74) is 0.331. The minimum absolute atomic E-state index is 0.0253. The fourth-order valence-electron chi connectivity index (χ4n) is 0.957. The van der Waals surface area contributed by atoms with Gasteiger partial charge in [-0.05, 0) is 34.6 Å². The standard InChI is InChI=1S/C14H24Br2O5/c1-10(2)12(17)18-7-11(8-19-14(5,6)16)21-20-9-13(3,4)15/h11H,1,7-9H2,2-6H3. The van der Waals surface area contributed by atoms with Crippen molar-refractivity contribution in [1.82, 2.24) is 0 Å². The van der Waals surface area contributed by atoms with Gasteiger partial charge in [-0.25, -0.2) is 14.6 Å². The minimum Gasteiger partial charge on any atom is -0.459 e. The Morgan fingerprint density at radius 1 is 1.19 bits per heavy atom. The van der Waals surface area contributed by atoms with Gasteiger partial charge in [0.05, 0.1) is 13.2 Å². The Morgan fingerprint density at radius 2 is 1.76 bits per heavy atom. The Bertz CT molecular complexity index is 344. The van der Waals surface area contributed by atoms with E-state index in [9.17, 15) is 4.79 Å². The van der Waals surface area contributed by atoms with E-state index < -0.39 is 16.6 Å². The number of hydrogen-bond donors (Lipinski definition) is 0. The number of halogens is 2. The fraction of sp³-hybridized carbons (Fsp3) is 0.786. The number of ether oxygens (including phenoxy) is 2. The van der Waals surface area contributed by atoms with Crippen LogP contribution in [0.4, 0.5) is 0 Å². The fourth-order valence-corrected chi connectivity index (χ4v) is 1.18. The van der Waals surface area contributed by atoms with E-state index in [1.807, 2.05) is 27.7 Å². The molecular weight excluding hydrogens is 408 g/mol. The highest BCUT2D eigenvalue weighted by Gasteiger charge is 2.21. The summed E-state index contributed by atoms with van der Waals surface area (Å²) in [7, 11) is 0. The van der Waals surface area contributed by atoms with Crippen LogP contribution in [-0.4, -0.2) is 40.7 Å². The summed E-state index contributed by atoms with van der Waals surface area (Å²) in [4.78, 5) is 21.8.